The highest BCUT2D eigenvalue weighted by Crippen LogP contribution is 2.27. The third-order valence-corrected chi connectivity index (χ3v) is 5.56. The summed E-state index contributed by atoms with van der Waals surface area (Å²) in [4.78, 5) is 19.0. The van der Waals surface area contributed by atoms with Gasteiger partial charge in [-0.1, -0.05) is 55.0 Å². The van der Waals surface area contributed by atoms with E-state index in [9.17, 15) is 4.79 Å². The van der Waals surface area contributed by atoms with E-state index < -0.39 is 0 Å². The van der Waals surface area contributed by atoms with E-state index in [1.54, 1.807) is 11.9 Å². The maximum Gasteiger partial charge on any atom is 0.260 e. The van der Waals surface area contributed by atoms with Gasteiger partial charge < -0.3 is 9.64 Å². The highest BCUT2D eigenvalue weighted by atomic mass is 16.5. The third-order valence-electron chi connectivity index (χ3n) is 5.56. The van der Waals surface area contributed by atoms with Crippen molar-refractivity contribution < 1.29 is 9.53 Å². The van der Waals surface area contributed by atoms with Crippen molar-refractivity contribution >= 4 is 16.9 Å². The molecule has 0 saturated heterocycles. The van der Waals surface area contributed by atoms with Crippen LogP contribution in [0.1, 0.15) is 29.3 Å². The summed E-state index contributed by atoms with van der Waals surface area (Å²) in [6.07, 6.45) is 0.817. The third kappa shape index (κ3) is 4.49. The molecule has 0 atom stereocenters. The Kier molecular flexibility index (Phi) is 6.21. The van der Waals surface area contributed by atoms with Gasteiger partial charge in [0.25, 0.3) is 5.91 Å². The number of ether oxygens (including phenoxy) is 1. The molecule has 0 aliphatic rings. The molecule has 6 nitrogen and oxygen atoms in total. The number of amides is 1. The molecule has 0 N–H and O–H groups in total. The van der Waals surface area contributed by atoms with Crippen molar-refractivity contribution in [1.82, 2.24) is 19.7 Å². The minimum absolute atomic E-state index is 0.0668. The largest absolute Gasteiger partial charge is 0.467 e. The first-order valence-electron chi connectivity index (χ1n) is 10.8. The Bertz CT molecular complexity index is 1230. The molecule has 0 aliphatic heterocycles. The highest BCUT2D eigenvalue weighted by Gasteiger charge is 2.17. The maximum atomic E-state index is 12.6. The van der Waals surface area contributed by atoms with Crippen LogP contribution in [0.4, 0.5) is 0 Å². The summed E-state index contributed by atoms with van der Waals surface area (Å²) in [6.45, 7) is 6.62. The second-order valence-corrected chi connectivity index (χ2v) is 8.03. The first kappa shape index (κ1) is 21.6. The van der Waals surface area contributed by atoms with E-state index in [0.29, 0.717) is 12.4 Å². The number of aryl methyl sites for hydroxylation is 3. The summed E-state index contributed by atoms with van der Waals surface area (Å²) in [5, 5.41) is 5.77. The number of fused-ring (bicyclic) bond motifs is 1. The van der Waals surface area contributed by atoms with Crippen LogP contribution >= 0.6 is 0 Å². The first-order valence-corrected chi connectivity index (χ1v) is 10.8. The van der Waals surface area contributed by atoms with Crippen molar-refractivity contribution in [2.75, 3.05) is 13.7 Å². The predicted molar refractivity (Wildman–Crippen MR) is 126 cm³/mol. The van der Waals surface area contributed by atoms with Gasteiger partial charge in [-0.25, -0.2) is 4.68 Å². The molecule has 6 heteroatoms. The maximum absolute atomic E-state index is 12.6. The molecule has 32 heavy (non-hydrogen) atoms. The minimum atomic E-state index is -0.1000. The average molecular weight is 429 g/mol. The van der Waals surface area contributed by atoms with E-state index in [-0.39, 0.29) is 12.5 Å². The lowest BCUT2D eigenvalue weighted by atomic mass is 10.1. The summed E-state index contributed by atoms with van der Waals surface area (Å²) in [6, 6.07) is 20.0. The topological polar surface area (TPSA) is 60.2 Å². The Morgan fingerprint density at radius 2 is 1.78 bits per heavy atom. The van der Waals surface area contributed by atoms with Gasteiger partial charge in [-0.3, -0.25) is 4.79 Å². The van der Waals surface area contributed by atoms with Crippen LogP contribution in [-0.4, -0.2) is 39.2 Å². The normalized spacial score (nSPS) is 11.0. The summed E-state index contributed by atoms with van der Waals surface area (Å²) < 4.78 is 7.70. The lowest BCUT2D eigenvalue weighted by molar-refractivity contribution is -0.132. The summed E-state index contributed by atoms with van der Waals surface area (Å²) >= 11 is 0. The smallest absolute Gasteiger partial charge is 0.260 e. The zero-order chi connectivity index (χ0) is 22.7. The molecule has 0 spiro atoms. The van der Waals surface area contributed by atoms with Crippen LogP contribution in [0.2, 0.25) is 0 Å². The Balaban J connectivity index is 1.58. The molecule has 0 unspecified atom stereocenters. The SMILES string of the molecule is CCc1cc(OCC(=O)N(C)Cc2ccccc2)nc2c1c(C)nn2-c1ccc(C)cc1. The molecular weight excluding hydrogens is 400 g/mol. The van der Waals surface area contributed by atoms with Crippen molar-refractivity contribution in [3.8, 4) is 11.6 Å². The molecule has 0 aliphatic carbocycles. The molecule has 2 aromatic carbocycles. The lowest BCUT2D eigenvalue weighted by Gasteiger charge is -2.17. The molecular formula is C26H28N4O2. The van der Waals surface area contributed by atoms with Crippen LogP contribution in [0.5, 0.6) is 5.88 Å². The number of pyridine rings is 1. The molecule has 0 fully saturated rings. The fraction of sp³-hybridized carbons (Fsp3) is 0.269. The molecule has 0 saturated carbocycles. The van der Waals surface area contributed by atoms with Crippen LogP contribution in [0.25, 0.3) is 16.7 Å². The van der Waals surface area contributed by atoms with Gasteiger partial charge >= 0.3 is 0 Å². The van der Waals surface area contributed by atoms with Crippen LogP contribution in [0.3, 0.4) is 0 Å². The second-order valence-electron chi connectivity index (χ2n) is 8.03. The van der Waals surface area contributed by atoms with Crippen LogP contribution < -0.4 is 4.74 Å². The van der Waals surface area contributed by atoms with E-state index >= 15 is 0 Å². The van der Waals surface area contributed by atoms with E-state index in [0.717, 1.165) is 40.0 Å². The number of aromatic nitrogens is 3. The molecule has 0 radical (unpaired) electrons. The summed E-state index contributed by atoms with van der Waals surface area (Å²) in [5.41, 5.74) is 5.98. The van der Waals surface area contributed by atoms with Crippen molar-refractivity contribution in [2.24, 2.45) is 0 Å². The summed E-state index contributed by atoms with van der Waals surface area (Å²) in [5.74, 6) is 0.334. The van der Waals surface area contributed by atoms with Gasteiger partial charge in [0.15, 0.2) is 12.3 Å². The number of carbonyl (C=O) groups is 1. The van der Waals surface area contributed by atoms with Crippen molar-refractivity contribution in [1.29, 1.82) is 0 Å². The van der Waals surface area contributed by atoms with E-state index in [2.05, 4.69) is 26.0 Å². The van der Waals surface area contributed by atoms with Crippen molar-refractivity contribution in [3.05, 3.63) is 83.0 Å². The van der Waals surface area contributed by atoms with E-state index in [4.69, 9.17) is 14.8 Å². The number of carbonyl (C=O) groups excluding carboxylic acids is 1. The molecule has 2 heterocycles. The van der Waals surface area contributed by atoms with Crippen LogP contribution in [-0.2, 0) is 17.8 Å². The van der Waals surface area contributed by atoms with Gasteiger partial charge in [0.1, 0.15) is 0 Å². The van der Waals surface area contributed by atoms with Gasteiger partial charge in [-0.15, -0.1) is 0 Å². The Hall–Kier alpha value is -3.67. The Morgan fingerprint density at radius 3 is 2.47 bits per heavy atom. The van der Waals surface area contributed by atoms with E-state index in [1.807, 2.05) is 60.1 Å². The van der Waals surface area contributed by atoms with Gasteiger partial charge in [-0.2, -0.15) is 10.1 Å². The van der Waals surface area contributed by atoms with Gasteiger partial charge in [0.2, 0.25) is 5.88 Å². The fourth-order valence-corrected chi connectivity index (χ4v) is 3.76. The quantitative estimate of drug-likeness (QED) is 0.430. The van der Waals surface area contributed by atoms with Crippen molar-refractivity contribution in [2.45, 2.75) is 33.7 Å². The Labute approximate surface area is 188 Å². The first-order chi connectivity index (χ1) is 15.5. The molecule has 164 valence electrons. The minimum Gasteiger partial charge on any atom is -0.467 e. The molecule has 1 amide bonds. The number of hydrogen-bond donors (Lipinski definition) is 0. The fourth-order valence-electron chi connectivity index (χ4n) is 3.76. The highest BCUT2D eigenvalue weighted by molar-refractivity contribution is 5.84. The monoisotopic (exact) mass is 428 g/mol. The number of hydrogen-bond acceptors (Lipinski definition) is 4. The number of benzene rings is 2. The predicted octanol–water partition coefficient (Wildman–Crippen LogP) is 4.64. The van der Waals surface area contributed by atoms with Gasteiger partial charge in [0, 0.05) is 25.0 Å². The Morgan fingerprint density at radius 1 is 1.06 bits per heavy atom. The lowest BCUT2D eigenvalue weighted by Crippen LogP contribution is -2.31. The number of likely N-dealkylation sites (N-methyl/N-ethyl adjacent to an activating group) is 1. The van der Waals surface area contributed by atoms with Gasteiger partial charge in [-0.05, 0) is 43.5 Å². The molecule has 0 bridgehead atoms. The average Bonchev–Trinajstić information content (AvgIpc) is 3.14. The number of nitrogens with zero attached hydrogens (tertiary/aromatic N) is 4. The van der Waals surface area contributed by atoms with Gasteiger partial charge in [0.05, 0.1) is 11.4 Å². The van der Waals surface area contributed by atoms with E-state index in [1.165, 1.54) is 5.56 Å². The zero-order valence-corrected chi connectivity index (χ0v) is 19.0. The molecule has 2 aromatic heterocycles. The number of rotatable bonds is 7. The van der Waals surface area contributed by atoms with Crippen LogP contribution in [0.15, 0.2) is 60.7 Å². The molecule has 4 aromatic rings. The summed E-state index contributed by atoms with van der Waals surface area (Å²) in [7, 11) is 1.78. The van der Waals surface area contributed by atoms with Crippen LogP contribution in [0, 0.1) is 13.8 Å². The standard InChI is InChI=1S/C26H28N4O2/c1-5-21-15-23(32-17-24(31)29(4)16-20-9-7-6-8-10-20)27-26-25(21)19(3)28-30(26)22-13-11-18(2)12-14-22/h6-15H,5,16-17H2,1-4H3. The van der Waals surface area contributed by atoms with Crippen molar-refractivity contribution in [3.63, 3.8) is 0 Å². The zero-order valence-electron chi connectivity index (χ0n) is 19.0. The second kappa shape index (κ2) is 9.22. The molecule has 4 rings (SSSR count).